The Morgan fingerprint density at radius 2 is 1.76 bits per heavy atom. The molecule has 0 aliphatic carbocycles. The molecule has 1 saturated heterocycles. The molecule has 0 saturated carbocycles. The number of esters is 1. The van der Waals surface area contributed by atoms with Gasteiger partial charge in [-0.15, -0.1) is 0 Å². The van der Waals surface area contributed by atoms with E-state index >= 15 is 0 Å². The number of piperazine rings is 1. The maximum absolute atomic E-state index is 13.7. The first kappa shape index (κ1) is 27.6. The van der Waals surface area contributed by atoms with E-state index in [1.54, 1.807) is 19.1 Å². The normalized spacial score (nSPS) is 14.2. The predicted octanol–water partition coefficient (Wildman–Crippen LogP) is 5.05. The first-order valence-electron chi connectivity index (χ1n) is 13.5. The molecule has 0 spiro atoms. The number of nitrogens with one attached hydrogen (secondary N) is 1. The second kappa shape index (κ2) is 12.0. The maximum Gasteiger partial charge on any atom is 0.320 e. The number of halogens is 1. The van der Waals surface area contributed by atoms with Crippen LogP contribution in [0.3, 0.4) is 0 Å². The number of hydrogen-bond acceptors (Lipinski definition) is 5. The van der Waals surface area contributed by atoms with Gasteiger partial charge in [0.15, 0.2) is 0 Å². The SMILES string of the molecule is CCCn1c(C)c(C)c2cc(C(=O)N3CCN(CC(=O)OCC)CC3)cc(NCc3ccc(F)cc3C)c21. The van der Waals surface area contributed by atoms with Crippen LogP contribution in [0.25, 0.3) is 10.9 Å². The standard InChI is InChI=1S/C30H39FN4O3/c1-6-10-35-22(5)21(4)26-16-24(30(37)34-13-11-33(12-14-34)19-28(36)38-7-2)17-27(29(26)35)32-18-23-8-9-25(31)15-20(23)3/h8-9,15-17,32H,6-7,10-14,18-19H2,1-5H3. The van der Waals surface area contributed by atoms with Gasteiger partial charge < -0.3 is 19.5 Å². The van der Waals surface area contributed by atoms with E-state index in [1.165, 1.54) is 17.3 Å². The van der Waals surface area contributed by atoms with Crippen LogP contribution < -0.4 is 5.32 Å². The second-order valence-corrected chi connectivity index (χ2v) is 10.1. The highest BCUT2D eigenvalue weighted by Gasteiger charge is 2.25. The van der Waals surface area contributed by atoms with Crippen molar-refractivity contribution in [1.29, 1.82) is 0 Å². The summed E-state index contributed by atoms with van der Waals surface area (Å²) < 4.78 is 21.0. The van der Waals surface area contributed by atoms with Crippen molar-refractivity contribution in [3.63, 3.8) is 0 Å². The molecule has 8 heteroatoms. The molecule has 3 aromatic rings. The number of rotatable bonds is 9. The van der Waals surface area contributed by atoms with Crippen molar-refractivity contribution in [2.45, 2.75) is 54.1 Å². The van der Waals surface area contributed by atoms with Crippen LogP contribution in [0, 0.1) is 26.6 Å². The van der Waals surface area contributed by atoms with E-state index in [0.717, 1.165) is 40.7 Å². The zero-order chi connectivity index (χ0) is 27.4. The van der Waals surface area contributed by atoms with Crippen LogP contribution in [0.15, 0.2) is 30.3 Å². The number of fused-ring (bicyclic) bond motifs is 1. The lowest BCUT2D eigenvalue weighted by Crippen LogP contribution is -2.50. The van der Waals surface area contributed by atoms with E-state index in [9.17, 15) is 14.0 Å². The third kappa shape index (κ3) is 5.85. The van der Waals surface area contributed by atoms with E-state index in [2.05, 4.69) is 30.7 Å². The molecule has 0 bridgehead atoms. The van der Waals surface area contributed by atoms with Gasteiger partial charge in [0.05, 0.1) is 24.4 Å². The highest BCUT2D eigenvalue weighted by Crippen LogP contribution is 2.34. The number of hydrogen-bond donors (Lipinski definition) is 1. The lowest BCUT2D eigenvalue weighted by Gasteiger charge is -2.34. The van der Waals surface area contributed by atoms with Crippen molar-refractivity contribution >= 4 is 28.5 Å². The summed E-state index contributed by atoms with van der Waals surface area (Å²) in [7, 11) is 0. The summed E-state index contributed by atoms with van der Waals surface area (Å²) in [6.45, 7) is 14.5. The number of nitrogens with zero attached hydrogens (tertiary/aromatic N) is 3. The number of aryl methyl sites for hydroxylation is 3. The fourth-order valence-electron chi connectivity index (χ4n) is 5.27. The molecule has 1 N–H and O–H groups in total. The summed E-state index contributed by atoms with van der Waals surface area (Å²) in [4.78, 5) is 29.4. The summed E-state index contributed by atoms with van der Waals surface area (Å²) in [5.41, 5.74) is 6.90. The van der Waals surface area contributed by atoms with Gasteiger partial charge in [0, 0.05) is 55.9 Å². The van der Waals surface area contributed by atoms with E-state index < -0.39 is 0 Å². The fraction of sp³-hybridized carbons (Fsp3) is 0.467. The Kier molecular flexibility index (Phi) is 8.72. The van der Waals surface area contributed by atoms with Gasteiger partial charge in [-0.25, -0.2) is 4.39 Å². The summed E-state index contributed by atoms with van der Waals surface area (Å²) in [6.07, 6.45) is 0.997. The molecule has 1 aliphatic rings. The minimum Gasteiger partial charge on any atom is -0.465 e. The summed E-state index contributed by atoms with van der Waals surface area (Å²) in [5, 5.41) is 4.64. The van der Waals surface area contributed by atoms with Crippen LogP contribution in [0.1, 0.15) is 53.0 Å². The molecule has 0 unspecified atom stereocenters. The predicted molar refractivity (Wildman–Crippen MR) is 149 cm³/mol. The van der Waals surface area contributed by atoms with Crippen molar-refractivity contribution in [3.8, 4) is 0 Å². The van der Waals surface area contributed by atoms with Gasteiger partial charge in [0.25, 0.3) is 5.91 Å². The van der Waals surface area contributed by atoms with Crippen molar-refractivity contribution in [2.24, 2.45) is 0 Å². The van der Waals surface area contributed by atoms with Crippen LogP contribution in [-0.4, -0.2) is 65.6 Å². The molecule has 1 fully saturated rings. The first-order valence-corrected chi connectivity index (χ1v) is 13.5. The molecule has 1 aliphatic heterocycles. The Balaban J connectivity index is 1.62. The number of amides is 1. The largest absolute Gasteiger partial charge is 0.465 e. The number of anilines is 1. The molecule has 2 aromatic carbocycles. The van der Waals surface area contributed by atoms with Crippen LogP contribution in [0.4, 0.5) is 10.1 Å². The average molecular weight is 523 g/mol. The first-order chi connectivity index (χ1) is 18.2. The quantitative estimate of drug-likeness (QED) is 0.399. The Morgan fingerprint density at radius 3 is 2.42 bits per heavy atom. The molecule has 7 nitrogen and oxygen atoms in total. The van der Waals surface area contributed by atoms with E-state index in [-0.39, 0.29) is 24.2 Å². The van der Waals surface area contributed by atoms with Gasteiger partial charge in [-0.1, -0.05) is 13.0 Å². The number of aromatic nitrogens is 1. The smallest absolute Gasteiger partial charge is 0.320 e. The maximum atomic E-state index is 13.7. The van der Waals surface area contributed by atoms with Crippen LogP contribution >= 0.6 is 0 Å². The highest BCUT2D eigenvalue weighted by atomic mass is 19.1. The van der Waals surface area contributed by atoms with Gasteiger partial charge in [0.1, 0.15) is 5.82 Å². The highest BCUT2D eigenvalue weighted by molar-refractivity contribution is 6.04. The van der Waals surface area contributed by atoms with Crippen molar-refractivity contribution in [2.75, 3.05) is 44.6 Å². The van der Waals surface area contributed by atoms with Gasteiger partial charge >= 0.3 is 5.97 Å². The Labute approximate surface area is 224 Å². The van der Waals surface area contributed by atoms with Crippen molar-refractivity contribution in [3.05, 3.63) is 64.1 Å². The Bertz CT molecular complexity index is 1330. The average Bonchev–Trinajstić information content (AvgIpc) is 3.13. The molecule has 38 heavy (non-hydrogen) atoms. The van der Waals surface area contributed by atoms with Gasteiger partial charge in [-0.05, 0) is 75.1 Å². The van der Waals surface area contributed by atoms with Gasteiger partial charge in [-0.2, -0.15) is 0 Å². The third-order valence-electron chi connectivity index (χ3n) is 7.52. The van der Waals surface area contributed by atoms with Crippen LogP contribution in [-0.2, 0) is 22.6 Å². The molecule has 2 heterocycles. The topological polar surface area (TPSA) is 66.8 Å². The summed E-state index contributed by atoms with van der Waals surface area (Å²) in [5.74, 6) is -0.483. The number of carbonyl (C=O) groups excluding carboxylic acids is 2. The molecule has 204 valence electrons. The molecule has 0 atom stereocenters. The molecule has 0 radical (unpaired) electrons. The van der Waals surface area contributed by atoms with E-state index in [0.29, 0.717) is 44.9 Å². The lowest BCUT2D eigenvalue weighted by atomic mass is 10.0. The van der Waals surface area contributed by atoms with Crippen LogP contribution in [0.5, 0.6) is 0 Å². The summed E-state index contributed by atoms with van der Waals surface area (Å²) in [6, 6.07) is 8.81. The zero-order valence-electron chi connectivity index (χ0n) is 23.2. The van der Waals surface area contributed by atoms with Crippen molar-refractivity contribution in [1.82, 2.24) is 14.4 Å². The van der Waals surface area contributed by atoms with E-state index in [1.807, 2.05) is 28.9 Å². The van der Waals surface area contributed by atoms with E-state index in [4.69, 9.17) is 4.74 Å². The molecule has 4 rings (SSSR count). The molecule has 1 aromatic heterocycles. The zero-order valence-corrected chi connectivity index (χ0v) is 23.2. The monoisotopic (exact) mass is 522 g/mol. The molecular formula is C30H39FN4O3. The molecule has 1 amide bonds. The summed E-state index contributed by atoms with van der Waals surface area (Å²) >= 11 is 0. The fourth-order valence-corrected chi connectivity index (χ4v) is 5.27. The second-order valence-electron chi connectivity index (χ2n) is 10.1. The van der Waals surface area contributed by atoms with Gasteiger partial charge in [-0.3, -0.25) is 14.5 Å². The van der Waals surface area contributed by atoms with Crippen LogP contribution in [0.2, 0.25) is 0 Å². The van der Waals surface area contributed by atoms with Crippen molar-refractivity contribution < 1.29 is 18.7 Å². The minimum absolute atomic E-state index is 0.0102. The Morgan fingerprint density at radius 1 is 1.03 bits per heavy atom. The number of ether oxygens (including phenoxy) is 1. The number of benzene rings is 2. The minimum atomic E-state index is -0.244. The molecular weight excluding hydrogens is 483 g/mol. The third-order valence-corrected chi connectivity index (χ3v) is 7.52. The Hall–Kier alpha value is -3.39. The van der Waals surface area contributed by atoms with Gasteiger partial charge in [0.2, 0.25) is 0 Å². The lowest BCUT2D eigenvalue weighted by molar-refractivity contribution is -0.144. The number of carbonyl (C=O) groups is 2.